The van der Waals surface area contributed by atoms with Crippen LogP contribution in [0.5, 0.6) is 11.5 Å². The van der Waals surface area contributed by atoms with Crippen LogP contribution in [-0.2, 0) is 14.3 Å². The van der Waals surface area contributed by atoms with Gasteiger partial charge in [-0.25, -0.2) is 0 Å². The molecule has 1 aliphatic heterocycles. The van der Waals surface area contributed by atoms with Gasteiger partial charge in [0, 0.05) is 18.6 Å². The lowest BCUT2D eigenvalue weighted by atomic mass is 9.92. The Labute approximate surface area is 118 Å². The number of ether oxygens (including phenoxy) is 4. The zero-order valence-electron chi connectivity index (χ0n) is 11.8. The zero-order valence-corrected chi connectivity index (χ0v) is 11.8. The molecule has 0 N–H and O–H groups in total. The van der Waals surface area contributed by atoms with Crippen molar-refractivity contribution in [3.63, 3.8) is 0 Å². The molecule has 20 heavy (non-hydrogen) atoms. The van der Waals surface area contributed by atoms with E-state index < -0.39 is 0 Å². The molecule has 1 aromatic rings. The molecule has 0 amide bonds. The summed E-state index contributed by atoms with van der Waals surface area (Å²) in [6.07, 6.45) is 0.862. The molecular weight excluding hydrogens is 260 g/mol. The van der Waals surface area contributed by atoms with E-state index in [1.54, 1.807) is 13.2 Å². The van der Waals surface area contributed by atoms with Gasteiger partial charge in [0.1, 0.15) is 18.1 Å². The minimum absolute atomic E-state index is 0.160. The highest BCUT2D eigenvalue weighted by molar-refractivity contribution is 5.72. The van der Waals surface area contributed by atoms with Crippen LogP contribution in [0.2, 0.25) is 0 Å². The lowest BCUT2D eigenvalue weighted by Gasteiger charge is -2.20. The predicted octanol–water partition coefficient (Wildman–Crippen LogP) is 1.90. The van der Waals surface area contributed by atoms with Gasteiger partial charge >= 0.3 is 5.97 Å². The second-order valence-electron chi connectivity index (χ2n) is 4.74. The average molecular weight is 280 g/mol. The summed E-state index contributed by atoms with van der Waals surface area (Å²) in [6.45, 7) is 1.56. The van der Waals surface area contributed by atoms with Crippen LogP contribution in [0.25, 0.3) is 0 Å². The average Bonchev–Trinajstić information content (AvgIpc) is 3.01. The van der Waals surface area contributed by atoms with Crippen LogP contribution in [0.4, 0.5) is 0 Å². The van der Waals surface area contributed by atoms with Crippen molar-refractivity contribution in [2.45, 2.75) is 6.42 Å². The molecule has 0 bridgehead atoms. The maximum Gasteiger partial charge on any atom is 0.312 e. The molecule has 5 nitrogen and oxygen atoms in total. The summed E-state index contributed by atoms with van der Waals surface area (Å²) in [6, 6.07) is 7.32. The highest BCUT2D eigenvalue weighted by atomic mass is 16.5. The van der Waals surface area contributed by atoms with Crippen LogP contribution < -0.4 is 9.47 Å². The largest absolute Gasteiger partial charge is 0.497 e. The first-order valence-electron chi connectivity index (χ1n) is 6.67. The summed E-state index contributed by atoms with van der Waals surface area (Å²) in [4.78, 5) is 11.9. The molecule has 0 spiro atoms. The molecule has 1 saturated heterocycles. The highest BCUT2D eigenvalue weighted by Gasteiger charge is 2.32. The van der Waals surface area contributed by atoms with Crippen LogP contribution >= 0.6 is 0 Å². The van der Waals surface area contributed by atoms with E-state index in [2.05, 4.69) is 0 Å². The maximum absolute atomic E-state index is 11.9. The second-order valence-corrected chi connectivity index (χ2v) is 4.74. The summed E-state index contributed by atoms with van der Waals surface area (Å²) < 4.78 is 21.0. The zero-order chi connectivity index (χ0) is 14.4. The quantitative estimate of drug-likeness (QED) is 0.745. The third-order valence-corrected chi connectivity index (χ3v) is 3.51. The van der Waals surface area contributed by atoms with E-state index >= 15 is 0 Å². The van der Waals surface area contributed by atoms with Crippen molar-refractivity contribution in [1.82, 2.24) is 0 Å². The fraction of sp³-hybridized carbons (Fsp3) is 0.533. The Bertz CT molecular complexity index is 440. The Morgan fingerprint density at radius 3 is 2.85 bits per heavy atom. The summed E-state index contributed by atoms with van der Waals surface area (Å²) in [5, 5.41) is 0. The van der Waals surface area contributed by atoms with Crippen LogP contribution in [0.1, 0.15) is 6.42 Å². The Kier molecular flexibility index (Phi) is 5.24. The van der Waals surface area contributed by atoms with Gasteiger partial charge in [0.15, 0.2) is 0 Å². The van der Waals surface area contributed by atoms with Gasteiger partial charge < -0.3 is 18.9 Å². The SMILES string of the molecule is COC(=O)C(COc1cccc(OC)c1)C1CCOC1. The molecule has 0 aliphatic carbocycles. The van der Waals surface area contributed by atoms with Crippen LogP contribution in [0.15, 0.2) is 24.3 Å². The van der Waals surface area contributed by atoms with E-state index in [4.69, 9.17) is 18.9 Å². The number of benzene rings is 1. The highest BCUT2D eigenvalue weighted by Crippen LogP contribution is 2.25. The van der Waals surface area contributed by atoms with Crippen molar-refractivity contribution >= 4 is 5.97 Å². The molecule has 5 heteroatoms. The van der Waals surface area contributed by atoms with E-state index in [0.29, 0.717) is 19.0 Å². The van der Waals surface area contributed by atoms with E-state index in [-0.39, 0.29) is 24.4 Å². The van der Waals surface area contributed by atoms with Crippen molar-refractivity contribution in [3.8, 4) is 11.5 Å². The summed E-state index contributed by atoms with van der Waals surface area (Å²) in [5.41, 5.74) is 0. The van der Waals surface area contributed by atoms with Gasteiger partial charge in [0.25, 0.3) is 0 Å². The van der Waals surface area contributed by atoms with Crippen molar-refractivity contribution < 1.29 is 23.7 Å². The van der Waals surface area contributed by atoms with Gasteiger partial charge in [-0.15, -0.1) is 0 Å². The topological polar surface area (TPSA) is 54.0 Å². The molecule has 1 aliphatic rings. The molecule has 110 valence electrons. The molecule has 1 aromatic carbocycles. The Morgan fingerprint density at radius 2 is 2.20 bits per heavy atom. The lowest BCUT2D eigenvalue weighted by molar-refractivity contribution is -0.148. The first kappa shape index (κ1) is 14.7. The van der Waals surface area contributed by atoms with Gasteiger partial charge in [-0.3, -0.25) is 4.79 Å². The third kappa shape index (κ3) is 3.63. The van der Waals surface area contributed by atoms with Crippen molar-refractivity contribution in [3.05, 3.63) is 24.3 Å². The monoisotopic (exact) mass is 280 g/mol. The van der Waals surface area contributed by atoms with E-state index in [1.807, 2.05) is 18.2 Å². The Balaban J connectivity index is 1.98. The first-order valence-corrected chi connectivity index (χ1v) is 6.67. The fourth-order valence-corrected chi connectivity index (χ4v) is 2.30. The number of esters is 1. The van der Waals surface area contributed by atoms with Crippen molar-refractivity contribution in [2.24, 2.45) is 11.8 Å². The minimum Gasteiger partial charge on any atom is -0.497 e. The predicted molar refractivity (Wildman–Crippen MR) is 72.9 cm³/mol. The van der Waals surface area contributed by atoms with E-state index in [0.717, 1.165) is 12.2 Å². The summed E-state index contributed by atoms with van der Waals surface area (Å²) >= 11 is 0. The van der Waals surface area contributed by atoms with Gasteiger partial charge in [-0.05, 0) is 18.6 Å². The smallest absolute Gasteiger partial charge is 0.312 e. The minimum atomic E-state index is -0.297. The van der Waals surface area contributed by atoms with Gasteiger partial charge in [0.2, 0.25) is 0 Å². The molecule has 0 aromatic heterocycles. The second kappa shape index (κ2) is 7.14. The van der Waals surface area contributed by atoms with Gasteiger partial charge in [-0.1, -0.05) is 6.07 Å². The summed E-state index contributed by atoms with van der Waals surface area (Å²) in [7, 11) is 3.00. The Morgan fingerprint density at radius 1 is 1.40 bits per heavy atom. The van der Waals surface area contributed by atoms with Crippen molar-refractivity contribution in [1.29, 1.82) is 0 Å². The van der Waals surface area contributed by atoms with Crippen LogP contribution in [0, 0.1) is 11.8 Å². The fourth-order valence-electron chi connectivity index (χ4n) is 2.30. The number of carbonyl (C=O) groups is 1. The standard InChI is InChI=1S/C15H20O5/c1-17-12-4-3-5-13(8-12)20-10-14(15(16)18-2)11-6-7-19-9-11/h3-5,8,11,14H,6-7,9-10H2,1-2H3. The molecule has 2 atom stereocenters. The Hall–Kier alpha value is -1.75. The van der Waals surface area contributed by atoms with Gasteiger partial charge in [-0.2, -0.15) is 0 Å². The molecular formula is C15H20O5. The van der Waals surface area contributed by atoms with E-state index in [9.17, 15) is 4.79 Å². The first-order chi connectivity index (χ1) is 9.74. The molecule has 2 rings (SSSR count). The number of rotatable bonds is 6. The molecule has 1 heterocycles. The number of methoxy groups -OCH3 is 2. The number of hydrogen-bond donors (Lipinski definition) is 0. The normalized spacial score (nSPS) is 19.4. The maximum atomic E-state index is 11.9. The molecule has 1 fully saturated rings. The van der Waals surface area contributed by atoms with Crippen LogP contribution in [-0.4, -0.2) is 40.0 Å². The number of carbonyl (C=O) groups excluding carboxylic acids is 1. The molecule has 0 radical (unpaired) electrons. The van der Waals surface area contributed by atoms with Gasteiger partial charge in [0.05, 0.1) is 26.7 Å². The molecule has 2 unspecified atom stereocenters. The van der Waals surface area contributed by atoms with Crippen molar-refractivity contribution in [2.75, 3.05) is 34.0 Å². The lowest BCUT2D eigenvalue weighted by Crippen LogP contribution is -2.31. The van der Waals surface area contributed by atoms with Crippen LogP contribution in [0.3, 0.4) is 0 Å². The van der Waals surface area contributed by atoms with E-state index in [1.165, 1.54) is 7.11 Å². The summed E-state index contributed by atoms with van der Waals surface area (Å²) in [5.74, 6) is 1.02. The number of hydrogen-bond acceptors (Lipinski definition) is 5. The third-order valence-electron chi connectivity index (χ3n) is 3.51. The molecule has 0 saturated carbocycles.